The number of carbonyl (C=O) groups is 2. The van der Waals surface area contributed by atoms with Gasteiger partial charge >= 0.3 is 0 Å². The molecule has 4 heterocycles. The number of rotatable bonds is 8. The summed E-state index contributed by atoms with van der Waals surface area (Å²) in [6, 6.07) is 8.32. The van der Waals surface area contributed by atoms with Crippen molar-refractivity contribution in [1.82, 2.24) is 30.1 Å². The van der Waals surface area contributed by atoms with Crippen LogP contribution in [0.4, 0.5) is 5.95 Å². The number of piperidine rings is 1. The van der Waals surface area contributed by atoms with Crippen molar-refractivity contribution < 1.29 is 14.3 Å². The normalized spacial score (nSPS) is 22.2. The number of fused-ring (bicyclic) bond motifs is 1. The van der Waals surface area contributed by atoms with Crippen molar-refractivity contribution in [3.8, 4) is 11.3 Å². The Morgan fingerprint density at radius 1 is 1.07 bits per heavy atom. The summed E-state index contributed by atoms with van der Waals surface area (Å²) < 4.78 is 5.37. The number of H-pyrrole nitrogens is 1. The molecule has 2 amide bonds. The summed E-state index contributed by atoms with van der Waals surface area (Å²) in [5, 5.41) is 8.36. The average molecular weight is 606 g/mol. The zero-order valence-electron chi connectivity index (χ0n) is 24.4. The van der Waals surface area contributed by atoms with E-state index in [0.29, 0.717) is 42.6 Å². The molecule has 3 aromatic rings. The lowest BCUT2D eigenvalue weighted by Crippen LogP contribution is -2.47. The van der Waals surface area contributed by atoms with E-state index in [1.807, 2.05) is 41.4 Å². The molecule has 10 nitrogen and oxygen atoms in total. The van der Waals surface area contributed by atoms with E-state index >= 15 is 0 Å². The highest BCUT2D eigenvalue weighted by Gasteiger charge is 2.30. The summed E-state index contributed by atoms with van der Waals surface area (Å²) in [5.74, 6) is 0.612. The third kappa shape index (κ3) is 7.37. The number of anilines is 1. The number of benzene rings is 1. The molecule has 3 N–H and O–H groups in total. The maximum absolute atomic E-state index is 13.2. The number of hydrogen-bond donors (Lipinski definition) is 3. The van der Waals surface area contributed by atoms with Crippen molar-refractivity contribution in [3.05, 3.63) is 53.8 Å². The number of halogens is 1. The Morgan fingerprint density at radius 3 is 2.70 bits per heavy atom. The summed E-state index contributed by atoms with van der Waals surface area (Å²) in [6.45, 7) is 5.29. The van der Waals surface area contributed by atoms with Crippen molar-refractivity contribution in [2.75, 3.05) is 51.3 Å². The fourth-order valence-electron chi connectivity index (χ4n) is 6.40. The number of aromatic amines is 1. The van der Waals surface area contributed by atoms with Crippen molar-refractivity contribution >= 4 is 40.3 Å². The third-order valence-electron chi connectivity index (χ3n) is 8.85. The molecule has 1 aromatic carbocycles. The van der Waals surface area contributed by atoms with Gasteiger partial charge in [-0.25, -0.2) is 9.97 Å². The van der Waals surface area contributed by atoms with E-state index in [1.54, 1.807) is 12.3 Å². The molecule has 0 unspecified atom stereocenters. The van der Waals surface area contributed by atoms with Crippen molar-refractivity contribution in [1.29, 1.82) is 0 Å². The van der Waals surface area contributed by atoms with Gasteiger partial charge in [-0.15, -0.1) is 0 Å². The molecular formula is C32H40ClN7O3. The highest BCUT2D eigenvalue weighted by Crippen LogP contribution is 2.33. The van der Waals surface area contributed by atoms with Crippen LogP contribution in [0.5, 0.6) is 0 Å². The van der Waals surface area contributed by atoms with E-state index in [-0.39, 0.29) is 29.8 Å². The molecule has 228 valence electrons. The number of hydrogen-bond acceptors (Lipinski definition) is 7. The molecule has 0 spiro atoms. The maximum atomic E-state index is 13.2. The number of para-hydroxylation sites is 1. The Labute approximate surface area is 257 Å². The van der Waals surface area contributed by atoms with E-state index in [2.05, 4.69) is 25.5 Å². The summed E-state index contributed by atoms with van der Waals surface area (Å²) in [5.41, 5.74) is 2.66. The van der Waals surface area contributed by atoms with Crippen LogP contribution in [-0.4, -0.2) is 94.6 Å². The molecule has 6 rings (SSSR count). The van der Waals surface area contributed by atoms with Gasteiger partial charge in [-0.2, -0.15) is 0 Å². The molecule has 2 aliphatic heterocycles. The Morgan fingerprint density at radius 2 is 1.86 bits per heavy atom. The van der Waals surface area contributed by atoms with E-state index in [4.69, 9.17) is 21.3 Å². The molecule has 0 radical (unpaired) electrons. The van der Waals surface area contributed by atoms with Gasteiger partial charge in [0.05, 0.1) is 30.1 Å². The minimum Gasteiger partial charge on any atom is -0.379 e. The Kier molecular flexibility index (Phi) is 9.55. The average Bonchev–Trinajstić information content (AvgIpc) is 3.47. The molecule has 2 aromatic heterocycles. The van der Waals surface area contributed by atoms with Gasteiger partial charge in [0, 0.05) is 79.5 Å². The second-order valence-corrected chi connectivity index (χ2v) is 12.2. The molecule has 3 fully saturated rings. The molecular weight excluding hydrogens is 566 g/mol. The summed E-state index contributed by atoms with van der Waals surface area (Å²) in [6.07, 6.45) is 12.3. The fourth-order valence-corrected chi connectivity index (χ4v) is 6.59. The third-order valence-corrected chi connectivity index (χ3v) is 9.12. The number of ether oxygens (including phenoxy) is 1. The van der Waals surface area contributed by atoms with Gasteiger partial charge in [-0.05, 0) is 44.6 Å². The van der Waals surface area contributed by atoms with Crippen LogP contribution in [-0.2, 0) is 14.3 Å². The lowest BCUT2D eigenvalue weighted by Gasteiger charge is -2.34. The van der Waals surface area contributed by atoms with Gasteiger partial charge in [0.15, 0.2) is 0 Å². The highest BCUT2D eigenvalue weighted by atomic mass is 35.5. The van der Waals surface area contributed by atoms with Crippen LogP contribution in [0.1, 0.15) is 38.5 Å². The predicted molar refractivity (Wildman–Crippen MR) is 168 cm³/mol. The predicted octanol–water partition coefficient (Wildman–Crippen LogP) is 4.24. The van der Waals surface area contributed by atoms with Gasteiger partial charge in [-0.3, -0.25) is 14.5 Å². The molecule has 1 saturated carbocycles. The monoisotopic (exact) mass is 605 g/mol. The molecule has 11 heteroatoms. The van der Waals surface area contributed by atoms with Crippen LogP contribution in [0, 0.1) is 5.92 Å². The maximum Gasteiger partial charge on any atom is 0.246 e. The number of likely N-dealkylation sites (tertiary alicyclic amines) is 1. The fraction of sp³-hybridized carbons (Fsp3) is 0.500. The SMILES string of the molecule is O=C(N[C@@H]1CCC[C@H](Nc2ncc(Cl)c(-c3c[nH]c4ccccc34)n2)C1)C1CCN(C(=O)/C=C/CN2CCOCC2)CC1. The number of amides is 2. The first kappa shape index (κ1) is 29.6. The van der Waals surface area contributed by atoms with E-state index < -0.39 is 0 Å². The summed E-state index contributed by atoms with van der Waals surface area (Å²) in [7, 11) is 0. The zero-order valence-corrected chi connectivity index (χ0v) is 25.2. The van der Waals surface area contributed by atoms with Crippen LogP contribution in [0.25, 0.3) is 22.2 Å². The van der Waals surface area contributed by atoms with Crippen molar-refractivity contribution in [2.45, 2.75) is 50.6 Å². The first-order valence-electron chi connectivity index (χ1n) is 15.4. The smallest absolute Gasteiger partial charge is 0.246 e. The van der Waals surface area contributed by atoms with Crippen molar-refractivity contribution in [3.63, 3.8) is 0 Å². The number of morpholine rings is 1. The van der Waals surface area contributed by atoms with Gasteiger partial charge < -0.3 is 25.3 Å². The number of aromatic nitrogens is 3. The lowest BCUT2D eigenvalue weighted by molar-refractivity contribution is -0.132. The van der Waals surface area contributed by atoms with Crippen LogP contribution < -0.4 is 10.6 Å². The zero-order chi connectivity index (χ0) is 29.6. The van der Waals surface area contributed by atoms with Crippen molar-refractivity contribution in [2.24, 2.45) is 5.92 Å². The van der Waals surface area contributed by atoms with Gasteiger partial charge in [0.1, 0.15) is 0 Å². The lowest BCUT2D eigenvalue weighted by atomic mass is 9.89. The minimum atomic E-state index is -0.0620. The van der Waals surface area contributed by atoms with Crippen LogP contribution in [0.2, 0.25) is 5.02 Å². The van der Waals surface area contributed by atoms with Crippen LogP contribution >= 0.6 is 11.6 Å². The van der Waals surface area contributed by atoms with Gasteiger partial charge in [-0.1, -0.05) is 35.9 Å². The molecule has 43 heavy (non-hydrogen) atoms. The second-order valence-electron chi connectivity index (χ2n) is 11.8. The minimum absolute atomic E-state index is 0.0329. The number of carbonyl (C=O) groups excluding carboxylic acids is 2. The van der Waals surface area contributed by atoms with Crippen LogP contribution in [0.15, 0.2) is 48.8 Å². The van der Waals surface area contributed by atoms with Gasteiger partial charge in [0.2, 0.25) is 17.8 Å². The topological polar surface area (TPSA) is 115 Å². The Hall–Kier alpha value is -3.47. The molecule has 0 bridgehead atoms. The molecule has 2 atom stereocenters. The van der Waals surface area contributed by atoms with E-state index in [0.717, 1.165) is 75.0 Å². The Balaban J connectivity index is 0.978. The number of nitrogens with zero attached hydrogens (tertiary/aromatic N) is 4. The van der Waals surface area contributed by atoms with E-state index in [9.17, 15) is 9.59 Å². The first-order valence-corrected chi connectivity index (χ1v) is 15.8. The van der Waals surface area contributed by atoms with E-state index in [1.165, 1.54) is 0 Å². The first-order chi connectivity index (χ1) is 21.0. The largest absolute Gasteiger partial charge is 0.379 e. The molecule has 2 saturated heterocycles. The Bertz CT molecular complexity index is 1450. The molecule has 1 aliphatic carbocycles. The van der Waals surface area contributed by atoms with Gasteiger partial charge in [0.25, 0.3) is 0 Å². The number of nitrogens with one attached hydrogen (secondary N) is 3. The summed E-state index contributed by atoms with van der Waals surface area (Å²) >= 11 is 6.52. The quantitative estimate of drug-likeness (QED) is 0.329. The van der Waals surface area contributed by atoms with Crippen LogP contribution in [0.3, 0.4) is 0 Å². The standard InChI is InChI=1S/C32H40ClN7O3/c33-27-21-35-32(38-30(27)26-20-34-28-8-2-1-7-25(26)28)37-24-6-3-5-23(19-24)36-31(42)22-10-13-40(14-11-22)29(41)9-4-12-39-15-17-43-18-16-39/h1-2,4,7-9,20-24,34H,3,5-6,10-19H2,(H,36,42)(H,35,37,38)/b9-4+/t23-,24+/m1/s1. The summed E-state index contributed by atoms with van der Waals surface area (Å²) in [4.78, 5) is 42.5. The second kappa shape index (κ2) is 13.9. The molecule has 3 aliphatic rings. The highest BCUT2D eigenvalue weighted by molar-refractivity contribution is 6.33.